The number of rotatable bonds is 19. The number of carbonyl (C=O) groups is 4. The molecule has 0 radical (unpaired) electrons. The first-order valence-electron chi connectivity index (χ1n) is 11.9. The summed E-state index contributed by atoms with van der Waals surface area (Å²) in [6.45, 7) is 16.6. The number of aliphatic carboxylic acids is 3. The van der Waals surface area contributed by atoms with Crippen LogP contribution in [0.4, 0.5) is 0 Å². The van der Waals surface area contributed by atoms with Crippen LogP contribution in [0.25, 0.3) is 0 Å². The van der Waals surface area contributed by atoms with Crippen LogP contribution in [-0.4, -0.2) is 79.6 Å². The lowest BCUT2D eigenvalue weighted by molar-refractivity contribution is -0.139. The number of carboxylic acid groups (broad SMARTS) is 3. The molecule has 0 amide bonds. The molecular weight excluding hydrogens is 541 g/mol. The molecule has 0 aromatic rings. The quantitative estimate of drug-likeness (QED) is 0.114. The molecule has 0 aromatic carbocycles. The zero-order valence-electron chi connectivity index (χ0n) is 22.5. The van der Waals surface area contributed by atoms with E-state index in [0.717, 1.165) is 0 Å². The van der Waals surface area contributed by atoms with E-state index in [-0.39, 0.29) is 49.2 Å². The van der Waals surface area contributed by atoms with E-state index in [1.54, 1.807) is 39.3 Å². The minimum atomic E-state index is -4.20. The van der Waals surface area contributed by atoms with Crippen LogP contribution in [0.5, 0.6) is 0 Å². The fourth-order valence-corrected chi connectivity index (χ4v) is 19.0. The Balaban J connectivity index is 6.66. The lowest BCUT2D eigenvalue weighted by Crippen LogP contribution is -2.64. The van der Waals surface area contributed by atoms with Crippen LogP contribution in [0.2, 0.25) is 57.4 Å². The van der Waals surface area contributed by atoms with Crippen LogP contribution < -0.4 is 0 Å². The van der Waals surface area contributed by atoms with Crippen molar-refractivity contribution < 1.29 is 51.6 Å². The van der Waals surface area contributed by atoms with Gasteiger partial charge in [0.1, 0.15) is 0 Å². The second-order valence-electron chi connectivity index (χ2n) is 10.4. The van der Waals surface area contributed by atoms with Gasteiger partial charge >= 0.3 is 32.7 Å². The Morgan fingerprint density at radius 3 is 1.22 bits per heavy atom. The van der Waals surface area contributed by atoms with Crippen LogP contribution in [0.1, 0.15) is 32.6 Å². The van der Waals surface area contributed by atoms with Crippen LogP contribution >= 0.6 is 0 Å². The van der Waals surface area contributed by atoms with Crippen molar-refractivity contribution in [3.8, 4) is 0 Å². The molecule has 0 saturated heterocycles. The molecule has 0 atom stereocenters. The summed E-state index contributed by atoms with van der Waals surface area (Å²) in [5.74, 6) is -3.76. The standard InChI is InChI=1S/C21H42O11Si4/c1-9-13-29-21(28)17(2)36(30-33(3,4)14-10-18(22)23,31-34(5,6)15-11-19(24)25)32-35(7,8)16-12-20(26)27/h2,9-16H2,1,3-8H3,(H,22,23)(H,24,25)(H,26,27). The van der Waals surface area contributed by atoms with Gasteiger partial charge < -0.3 is 32.4 Å². The Labute approximate surface area is 217 Å². The van der Waals surface area contributed by atoms with Gasteiger partial charge in [-0.2, -0.15) is 0 Å². The van der Waals surface area contributed by atoms with Gasteiger partial charge in [-0.1, -0.05) is 13.5 Å². The summed E-state index contributed by atoms with van der Waals surface area (Å²) in [5.41, 5.74) is 0. The molecule has 0 heterocycles. The van der Waals surface area contributed by atoms with Crippen molar-refractivity contribution in [1.82, 2.24) is 0 Å². The average molecular weight is 583 g/mol. The molecule has 36 heavy (non-hydrogen) atoms. The van der Waals surface area contributed by atoms with Crippen molar-refractivity contribution in [2.24, 2.45) is 0 Å². The summed E-state index contributed by atoms with van der Waals surface area (Å²) in [6, 6.07) is 0.611. The van der Waals surface area contributed by atoms with Gasteiger partial charge in [0.15, 0.2) is 25.0 Å². The smallest absolute Gasteiger partial charge is 0.481 e. The van der Waals surface area contributed by atoms with E-state index >= 15 is 0 Å². The van der Waals surface area contributed by atoms with E-state index in [0.29, 0.717) is 6.42 Å². The predicted molar refractivity (Wildman–Crippen MR) is 143 cm³/mol. The molecule has 0 fully saturated rings. The van der Waals surface area contributed by atoms with Crippen molar-refractivity contribution in [1.29, 1.82) is 0 Å². The third kappa shape index (κ3) is 13.6. The maximum absolute atomic E-state index is 13.0. The van der Waals surface area contributed by atoms with Crippen LogP contribution in [0, 0.1) is 0 Å². The highest BCUT2D eigenvalue weighted by molar-refractivity contribution is 6.95. The highest BCUT2D eigenvalue weighted by Crippen LogP contribution is 2.35. The fraction of sp³-hybridized carbons (Fsp3) is 0.714. The van der Waals surface area contributed by atoms with Gasteiger partial charge in [-0.3, -0.25) is 14.4 Å². The monoisotopic (exact) mass is 582 g/mol. The lowest BCUT2D eigenvalue weighted by atomic mass is 10.5. The number of hydrogen-bond acceptors (Lipinski definition) is 8. The molecule has 0 aliphatic heterocycles. The number of ether oxygens (including phenoxy) is 1. The largest absolute Gasteiger partial charge is 0.512 e. The number of carboxylic acids is 3. The maximum atomic E-state index is 13.0. The van der Waals surface area contributed by atoms with E-state index in [4.69, 9.17) is 17.1 Å². The fourth-order valence-electron chi connectivity index (χ4n) is 3.12. The Hall–Kier alpha value is -1.63. The van der Waals surface area contributed by atoms with E-state index in [1.807, 2.05) is 6.92 Å². The van der Waals surface area contributed by atoms with E-state index in [1.165, 1.54) is 0 Å². The summed E-state index contributed by atoms with van der Waals surface area (Å²) >= 11 is 0. The second-order valence-corrected chi connectivity index (χ2v) is 26.7. The summed E-state index contributed by atoms with van der Waals surface area (Å²) < 4.78 is 25.0. The molecule has 0 bridgehead atoms. The van der Waals surface area contributed by atoms with Gasteiger partial charge in [0, 0.05) is 19.3 Å². The number of hydrogen-bond donors (Lipinski definition) is 3. The van der Waals surface area contributed by atoms with E-state index in [9.17, 15) is 34.5 Å². The first-order chi connectivity index (χ1) is 16.3. The Bertz CT molecular complexity index is 733. The Morgan fingerprint density at radius 1 is 0.667 bits per heavy atom. The molecule has 0 aromatic heterocycles. The van der Waals surface area contributed by atoms with Crippen LogP contribution in [-0.2, 0) is 36.3 Å². The van der Waals surface area contributed by atoms with Gasteiger partial charge in [-0.15, -0.1) is 0 Å². The predicted octanol–water partition coefficient (Wildman–Crippen LogP) is 4.06. The van der Waals surface area contributed by atoms with Gasteiger partial charge in [-0.05, 0) is 63.8 Å². The van der Waals surface area contributed by atoms with Crippen molar-refractivity contribution in [3.05, 3.63) is 11.8 Å². The molecule has 15 heteroatoms. The first kappa shape index (κ1) is 34.4. The van der Waals surface area contributed by atoms with E-state index < -0.39 is 57.6 Å². The highest BCUT2D eigenvalue weighted by Gasteiger charge is 2.57. The topological polar surface area (TPSA) is 166 Å². The molecule has 0 saturated carbocycles. The maximum Gasteiger partial charge on any atom is 0.512 e. The molecule has 0 rings (SSSR count). The van der Waals surface area contributed by atoms with Crippen LogP contribution in [0.15, 0.2) is 11.8 Å². The number of carbonyl (C=O) groups excluding carboxylic acids is 1. The molecule has 208 valence electrons. The van der Waals surface area contributed by atoms with Gasteiger partial charge in [0.05, 0.1) is 11.8 Å². The minimum Gasteiger partial charge on any atom is -0.481 e. The zero-order valence-corrected chi connectivity index (χ0v) is 26.5. The van der Waals surface area contributed by atoms with Crippen molar-refractivity contribution in [3.63, 3.8) is 0 Å². The SMILES string of the molecule is C=C(C(=O)OCCC)[Si](O[Si](C)(C)CCC(=O)O)(O[Si](C)(C)CCC(=O)O)O[Si](C)(C)CCC(=O)O. The molecule has 0 aliphatic carbocycles. The zero-order chi connectivity index (χ0) is 28.4. The Morgan fingerprint density at radius 2 is 0.972 bits per heavy atom. The van der Waals surface area contributed by atoms with Gasteiger partial charge in [-0.25, -0.2) is 4.79 Å². The summed E-state index contributed by atoms with van der Waals surface area (Å²) in [7, 11) is -12.8. The second kappa shape index (κ2) is 14.3. The van der Waals surface area contributed by atoms with Gasteiger partial charge in [0.25, 0.3) is 0 Å². The Kier molecular flexibility index (Phi) is 13.7. The molecule has 0 spiro atoms. The first-order valence-corrected chi connectivity index (χ1v) is 23.0. The lowest BCUT2D eigenvalue weighted by Gasteiger charge is -2.44. The normalized spacial score (nSPS) is 12.8. The molecule has 11 nitrogen and oxygen atoms in total. The van der Waals surface area contributed by atoms with Crippen molar-refractivity contribution in [2.75, 3.05) is 6.61 Å². The van der Waals surface area contributed by atoms with Crippen molar-refractivity contribution >= 4 is 57.6 Å². The number of esters is 1. The third-order valence-electron chi connectivity index (χ3n) is 5.11. The van der Waals surface area contributed by atoms with Crippen molar-refractivity contribution in [2.45, 2.75) is 90.0 Å². The van der Waals surface area contributed by atoms with E-state index in [2.05, 4.69) is 6.58 Å². The third-order valence-corrected chi connectivity index (χ3v) is 20.3. The minimum absolute atomic E-state index is 0.127. The summed E-state index contributed by atoms with van der Waals surface area (Å²) in [4.78, 5) is 46.8. The highest BCUT2D eigenvalue weighted by atomic mass is 28.5. The molecule has 0 unspecified atom stereocenters. The molecule has 0 aliphatic rings. The van der Waals surface area contributed by atoms with Crippen LogP contribution in [0.3, 0.4) is 0 Å². The van der Waals surface area contributed by atoms with Gasteiger partial charge in [0.2, 0.25) is 0 Å². The summed E-state index contributed by atoms with van der Waals surface area (Å²) in [5, 5.41) is 27.5. The average Bonchev–Trinajstić information content (AvgIpc) is 2.72. The summed E-state index contributed by atoms with van der Waals surface area (Å²) in [6.07, 6.45) is 0.0924. The molecular formula is C21H42O11Si4. The molecule has 3 N–H and O–H groups in total.